The normalized spacial score (nSPS) is 21.1. The lowest BCUT2D eigenvalue weighted by atomic mass is 9.99. The fourth-order valence-corrected chi connectivity index (χ4v) is 2.17. The summed E-state index contributed by atoms with van der Waals surface area (Å²) in [6.07, 6.45) is 3.93. The number of hydrogen-bond acceptors (Lipinski definition) is 5. The van der Waals surface area contributed by atoms with E-state index in [1.807, 2.05) is 6.92 Å². The summed E-state index contributed by atoms with van der Waals surface area (Å²) in [7, 11) is 0. The second-order valence-corrected chi connectivity index (χ2v) is 4.37. The number of aryl methyl sites for hydroxylation is 1. The van der Waals surface area contributed by atoms with Crippen LogP contribution in [0.15, 0.2) is 6.20 Å². The predicted octanol–water partition coefficient (Wildman–Crippen LogP) is 0.576. The number of aliphatic hydroxyl groups is 1. The fraction of sp³-hybridized carbons (Fsp3) is 0.636. The maximum atomic E-state index is 9.20. The molecule has 1 fully saturated rings. The SMILES string of the molecule is Cc1cnc(N)nc1N1CCCC(CO)C1. The van der Waals surface area contributed by atoms with Crippen molar-refractivity contribution in [2.75, 3.05) is 30.3 Å². The van der Waals surface area contributed by atoms with Crippen molar-refractivity contribution in [3.8, 4) is 0 Å². The monoisotopic (exact) mass is 222 g/mol. The van der Waals surface area contributed by atoms with Gasteiger partial charge in [-0.3, -0.25) is 0 Å². The summed E-state index contributed by atoms with van der Waals surface area (Å²) < 4.78 is 0. The first-order valence-corrected chi connectivity index (χ1v) is 5.65. The van der Waals surface area contributed by atoms with Gasteiger partial charge in [0, 0.05) is 31.5 Å². The molecule has 0 saturated carbocycles. The van der Waals surface area contributed by atoms with E-state index in [2.05, 4.69) is 14.9 Å². The Kier molecular flexibility index (Phi) is 3.24. The fourth-order valence-electron chi connectivity index (χ4n) is 2.17. The van der Waals surface area contributed by atoms with E-state index in [1.54, 1.807) is 6.20 Å². The van der Waals surface area contributed by atoms with Crippen LogP contribution in [0, 0.1) is 12.8 Å². The summed E-state index contributed by atoms with van der Waals surface area (Å²) in [5.41, 5.74) is 6.64. The van der Waals surface area contributed by atoms with Crippen molar-refractivity contribution >= 4 is 11.8 Å². The second kappa shape index (κ2) is 4.65. The molecule has 1 aromatic heterocycles. The number of aromatic nitrogens is 2. The molecule has 1 aliphatic rings. The maximum absolute atomic E-state index is 9.20. The molecule has 16 heavy (non-hydrogen) atoms. The Morgan fingerprint density at radius 3 is 3.19 bits per heavy atom. The molecule has 5 heteroatoms. The largest absolute Gasteiger partial charge is 0.396 e. The average Bonchev–Trinajstić information content (AvgIpc) is 2.32. The molecular weight excluding hydrogens is 204 g/mol. The quantitative estimate of drug-likeness (QED) is 0.765. The molecule has 1 aliphatic heterocycles. The van der Waals surface area contributed by atoms with Gasteiger partial charge in [-0.1, -0.05) is 0 Å². The van der Waals surface area contributed by atoms with E-state index in [0.717, 1.165) is 37.3 Å². The first-order chi connectivity index (χ1) is 7.70. The number of rotatable bonds is 2. The minimum atomic E-state index is 0.246. The zero-order valence-corrected chi connectivity index (χ0v) is 9.56. The van der Waals surface area contributed by atoms with Crippen LogP contribution in [0.5, 0.6) is 0 Å². The standard InChI is InChI=1S/C11H18N4O/c1-8-5-13-11(12)14-10(8)15-4-2-3-9(6-15)7-16/h5,9,16H,2-4,6-7H2,1H3,(H2,12,13,14). The molecule has 0 radical (unpaired) electrons. The molecule has 0 aliphatic carbocycles. The Morgan fingerprint density at radius 1 is 1.62 bits per heavy atom. The molecule has 0 aromatic carbocycles. The molecule has 0 spiro atoms. The summed E-state index contributed by atoms with van der Waals surface area (Å²) >= 11 is 0. The molecule has 1 unspecified atom stereocenters. The summed E-state index contributed by atoms with van der Waals surface area (Å²) in [5.74, 6) is 1.57. The Hall–Kier alpha value is -1.36. The van der Waals surface area contributed by atoms with E-state index in [4.69, 9.17) is 5.73 Å². The lowest BCUT2D eigenvalue weighted by Crippen LogP contribution is -2.37. The second-order valence-electron chi connectivity index (χ2n) is 4.37. The molecule has 2 rings (SSSR count). The van der Waals surface area contributed by atoms with Crippen LogP contribution in [-0.2, 0) is 0 Å². The van der Waals surface area contributed by atoms with Gasteiger partial charge in [-0.05, 0) is 25.7 Å². The molecule has 1 aromatic rings. The van der Waals surface area contributed by atoms with Gasteiger partial charge < -0.3 is 15.7 Å². The van der Waals surface area contributed by atoms with Crippen molar-refractivity contribution in [2.24, 2.45) is 5.92 Å². The van der Waals surface area contributed by atoms with Crippen LogP contribution in [0.25, 0.3) is 0 Å². The van der Waals surface area contributed by atoms with Crippen LogP contribution in [0.3, 0.4) is 0 Å². The van der Waals surface area contributed by atoms with Gasteiger partial charge >= 0.3 is 0 Å². The van der Waals surface area contributed by atoms with Crippen molar-refractivity contribution < 1.29 is 5.11 Å². The van der Waals surface area contributed by atoms with Gasteiger partial charge in [0.15, 0.2) is 0 Å². The van der Waals surface area contributed by atoms with Gasteiger partial charge in [-0.15, -0.1) is 0 Å². The highest BCUT2D eigenvalue weighted by atomic mass is 16.3. The van der Waals surface area contributed by atoms with Crippen molar-refractivity contribution in [1.82, 2.24) is 9.97 Å². The van der Waals surface area contributed by atoms with Gasteiger partial charge in [0.1, 0.15) is 5.82 Å². The first-order valence-electron chi connectivity index (χ1n) is 5.65. The third-order valence-corrected chi connectivity index (χ3v) is 3.04. The predicted molar refractivity (Wildman–Crippen MR) is 63.2 cm³/mol. The Balaban J connectivity index is 2.19. The highest BCUT2D eigenvalue weighted by Gasteiger charge is 2.21. The zero-order chi connectivity index (χ0) is 11.5. The van der Waals surface area contributed by atoms with E-state index in [1.165, 1.54) is 0 Å². The van der Waals surface area contributed by atoms with Crippen LogP contribution in [0.2, 0.25) is 0 Å². The number of aliphatic hydroxyl groups excluding tert-OH is 1. The van der Waals surface area contributed by atoms with E-state index < -0.39 is 0 Å². The molecule has 0 bridgehead atoms. The number of hydrogen-bond donors (Lipinski definition) is 2. The van der Waals surface area contributed by atoms with Crippen LogP contribution < -0.4 is 10.6 Å². The summed E-state index contributed by atoms with van der Waals surface area (Å²) in [4.78, 5) is 10.4. The molecule has 1 saturated heterocycles. The average molecular weight is 222 g/mol. The van der Waals surface area contributed by atoms with Crippen LogP contribution in [0.4, 0.5) is 11.8 Å². The van der Waals surface area contributed by atoms with Gasteiger partial charge in [0.2, 0.25) is 5.95 Å². The zero-order valence-electron chi connectivity index (χ0n) is 9.56. The Labute approximate surface area is 95.3 Å². The molecule has 1 atom stereocenters. The van der Waals surface area contributed by atoms with Crippen LogP contribution in [-0.4, -0.2) is 34.8 Å². The van der Waals surface area contributed by atoms with Crippen LogP contribution >= 0.6 is 0 Å². The first kappa shape index (κ1) is 11.1. The number of nitrogen functional groups attached to an aromatic ring is 1. The van der Waals surface area contributed by atoms with Crippen LogP contribution in [0.1, 0.15) is 18.4 Å². The van der Waals surface area contributed by atoms with Crippen molar-refractivity contribution in [2.45, 2.75) is 19.8 Å². The topological polar surface area (TPSA) is 75.3 Å². The molecule has 5 nitrogen and oxygen atoms in total. The van der Waals surface area contributed by atoms with Gasteiger partial charge in [-0.25, -0.2) is 4.98 Å². The summed E-state index contributed by atoms with van der Waals surface area (Å²) in [5, 5.41) is 9.20. The summed E-state index contributed by atoms with van der Waals surface area (Å²) in [6.45, 7) is 4.06. The highest BCUT2D eigenvalue weighted by molar-refractivity contribution is 5.48. The van der Waals surface area contributed by atoms with Crippen molar-refractivity contribution in [3.63, 3.8) is 0 Å². The molecule has 0 amide bonds. The number of piperidine rings is 1. The van der Waals surface area contributed by atoms with Crippen molar-refractivity contribution in [1.29, 1.82) is 0 Å². The van der Waals surface area contributed by atoms with Gasteiger partial charge in [-0.2, -0.15) is 4.98 Å². The van der Waals surface area contributed by atoms with E-state index >= 15 is 0 Å². The van der Waals surface area contributed by atoms with Crippen molar-refractivity contribution in [3.05, 3.63) is 11.8 Å². The minimum Gasteiger partial charge on any atom is -0.396 e. The van der Waals surface area contributed by atoms with Gasteiger partial charge in [0.05, 0.1) is 0 Å². The summed E-state index contributed by atoms with van der Waals surface area (Å²) in [6, 6.07) is 0. The third kappa shape index (κ3) is 2.24. The van der Waals surface area contributed by atoms with E-state index in [0.29, 0.717) is 11.9 Å². The smallest absolute Gasteiger partial charge is 0.221 e. The Morgan fingerprint density at radius 2 is 2.44 bits per heavy atom. The van der Waals surface area contributed by atoms with E-state index in [9.17, 15) is 5.11 Å². The maximum Gasteiger partial charge on any atom is 0.221 e. The molecule has 2 heterocycles. The lowest BCUT2D eigenvalue weighted by Gasteiger charge is -2.33. The third-order valence-electron chi connectivity index (χ3n) is 3.04. The minimum absolute atomic E-state index is 0.246. The van der Waals surface area contributed by atoms with E-state index in [-0.39, 0.29) is 6.61 Å². The lowest BCUT2D eigenvalue weighted by molar-refractivity contribution is 0.208. The number of nitrogens with two attached hydrogens (primary N) is 1. The number of anilines is 2. The molecule has 3 N–H and O–H groups in total. The Bertz CT molecular complexity index is 369. The highest BCUT2D eigenvalue weighted by Crippen LogP contribution is 2.24. The molecule has 88 valence electrons. The molecular formula is C11H18N4O. The number of nitrogens with zero attached hydrogens (tertiary/aromatic N) is 3. The van der Waals surface area contributed by atoms with Gasteiger partial charge in [0.25, 0.3) is 0 Å².